The van der Waals surface area contributed by atoms with Crippen LogP contribution in [0.1, 0.15) is 348 Å². The summed E-state index contributed by atoms with van der Waals surface area (Å²) in [6.45, 7) is 3.49. The maximum absolute atomic E-state index is 13.3. The van der Waals surface area contributed by atoms with Crippen LogP contribution in [-0.4, -0.2) is 110 Å². The highest BCUT2D eigenvalue weighted by molar-refractivity contribution is 5.80. The zero-order valence-corrected chi connectivity index (χ0v) is 55.4. The first-order valence-corrected chi connectivity index (χ1v) is 36.5. The van der Waals surface area contributed by atoms with Crippen molar-refractivity contribution in [2.75, 3.05) is 13.2 Å². The van der Waals surface area contributed by atoms with Crippen molar-refractivity contribution >= 4 is 5.91 Å². The van der Waals surface area contributed by atoms with Crippen molar-refractivity contribution in [1.82, 2.24) is 5.32 Å². The molecule has 500 valence electrons. The van der Waals surface area contributed by atoms with Gasteiger partial charge >= 0.3 is 0 Å². The molecular formula is C74H139NO10. The van der Waals surface area contributed by atoms with Gasteiger partial charge in [0.05, 0.1) is 25.4 Å². The summed E-state index contributed by atoms with van der Waals surface area (Å²) in [5.74, 6) is -0.709. The first-order valence-electron chi connectivity index (χ1n) is 36.5. The summed E-state index contributed by atoms with van der Waals surface area (Å²) in [5, 5.41) is 76.5. The molecule has 1 fully saturated rings. The topological polar surface area (TPSA) is 189 Å². The molecule has 8 N–H and O–H groups in total. The fourth-order valence-electron chi connectivity index (χ4n) is 11.7. The number of nitrogens with one attached hydrogen (secondary N) is 1. The number of rotatable bonds is 64. The van der Waals surface area contributed by atoms with Gasteiger partial charge in [-0.1, -0.05) is 306 Å². The molecule has 0 aliphatic carbocycles. The second-order valence-corrected chi connectivity index (χ2v) is 25.6. The van der Waals surface area contributed by atoms with Crippen LogP contribution in [0.2, 0.25) is 0 Å². The maximum Gasteiger partial charge on any atom is 0.249 e. The lowest BCUT2D eigenvalue weighted by Crippen LogP contribution is -2.60. The largest absolute Gasteiger partial charge is 0.394 e. The van der Waals surface area contributed by atoms with E-state index in [-0.39, 0.29) is 12.8 Å². The van der Waals surface area contributed by atoms with Crippen molar-refractivity contribution in [2.24, 2.45) is 0 Å². The minimum absolute atomic E-state index is 0.241. The predicted molar refractivity (Wildman–Crippen MR) is 358 cm³/mol. The van der Waals surface area contributed by atoms with Gasteiger partial charge in [0.15, 0.2) is 6.29 Å². The molecule has 1 aliphatic heterocycles. The van der Waals surface area contributed by atoms with E-state index in [4.69, 9.17) is 9.47 Å². The number of aliphatic hydroxyl groups excluding tert-OH is 7. The van der Waals surface area contributed by atoms with Crippen LogP contribution in [0.5, 0.6) is 0 Å². The van der Waals surface area contributed by atoms with Crippen molar-refractivity contribution < 1.29 is 50.0 Å². The summed E-state index contributed by atoms with van der Waals surface area (Å²) in [7, 11) is 0. The number of allylic oxidation sites excluding steroid dienone is 8. The third-order valence-electron chi connectivity index (χ3n) is 17.6. The molecule has 0 aromatic heterocycles. The SMILES string of the molecule is CCCCCCCCCCCCCC/C=C\CCCCCCCCCCCCCCC(O)C(=O)NC(COC1OC(CO)C(O)C(O)C1O)C(O)C(O)CCC/C=C/CC/C=C/CC/C=C/CCCCCCCCCCCCCCCCCCC. The van der Waals surface area contributed by atoms with Crippen molar-refractivity contribution in [3.8, 4) is 0 Å². The minimum Gasteiger partial charge on any atom is -0.394 e. The summed E-state index contributed by atoms with van der Waals surface area (Å²) < 4.78 is 11.2. The quantitative estimate of drug-likeness (QED) is 0.0215. The summed E-state index contributed by atoms with van der Waals surface area (Å²) in [4.78, 5) is 13.3. The number of amides is 1. The van der Waals surface area contributed by atoms with Crippen LogP contribution in [0.3, 0.4) is 0 Å². The molecular weight excluding hydrogens is 1060 g/mol. The van der Waals surface area contributed by atoms with Gasteiger partial charge in [-0.3, -0.25) is 4.79 Å². The molecule has 9 atom stereocenters. The lowest BCUT2D eigenvalue weighted by Gasteiger charge is -2.40. The first kappa shape index (κ1) is 81.1. The van der Waals surface area contributed by atoms with E-state index in [9.17, 15) is 40.5 Å². The van der Waals surface area contributed by atoms with Gasteiger partial charge in [-0.05, 0) is 89.9 Å². The minimum atomic E-state index is -1.68. The zero-order valence-electron chi connectivity index (χ0n) is 55.4. The van der Waals surface area contributed by atoms with Gasteiger partial charge < -0.3 is 50.5 Å². The molecule has 0 aromatic rings. The van der Waals surface area contributed by atoms with Crippen molar-refractivity contribution in [1.29, 1.82) is 0 Å². The van der Waals surface area contributed by atoms with Crippen LogP contribution in [-0.2, 0) is 14.3 Å². The molecule has 0 bridgehead atoms. The molecule has 1 heterocycles. The first-order chi connectivity index (χ1) is 41.7. The van der Waals surface area contributed by atoms with Crippen LogP contribution in [0.25, 0.3) is 0 Å². The Bertz CT molecular complexity index is 1520. The highest BCUT2D eigenvalue weighted by Crippen LogP contribution is 2.24. The summed E-state index contributed by atoms with van der Waals surface area (Å²) in [6.07, 6.45) is 70.6. The van der Waals surface area contributed by atoms with Gasteiger partial charge in [0.2, 0.25) is 5.91 Å². The molecule has 85 heavy (non-hydrogen) atoms. The van der Waals surface area contributed by atoms with E-state index in [1.165, 1.54) is 257 Å². The molecule has 0 spiro atoms. The number of carbonyl (C=O) groups excluding carboxylic acids is 1. The third kappa shape index (κ3) is 49.5. The van der Waals surface area contributed by atoms with Gasteiger partial charge in [-0.2, -0.15) is 0 Å². The van der Waals surface area contributed by atoms with E-state index in [1.54, 1.807) is 0 Å². The van der Waals surface area contributed by atoms with Crippen LogP contribution in [0.15, 0.2) is 48.6 Å². The molecule has 0 radical (unpaired) electrons. The highest BCUT2D eigenvalue weighted by Gasteiger charge is 2.44. The van der Waals surface area contributed by atoms with Gasteiger partial charge in [-0.15, -0.1) is 0 Å². The van der Waals surface area contributed by atoms with E-state index in [1.807, 2.05) is 0 Å². The van der Waals surface area contributed by atoms with Gasteiger partial charge in [-0.25, -0.2) is 0 Å². The molecule has 9 unspecified atom stereocenters. The molecule has 0 saturated carbocycles. The lowest BCUT2D eigenvalue weighted by molar-refractivity contribution is -0.303. The average Bonchev–Trinajstić information content (AvgIpc) is 3.70. The Balaban J connectivity index is 2.23. The van der Waals surface area contributed by atoms with Crippen LogP contribution in [0, 0.1) is 0 Å². The predicted octanol–water partition coefficient (Wildman–Crippen LogP) is 17.9. The number of aliphatic hydroxyl groups is 7. The van der Waals surface area contributed by atoms with Gasteiger partial charge in [0.25, 0.3) is 0 Å². The number of unbranched alkanes of at least 4 members (excludes halogenated alkanes) is 44. The van der Waals surface area contributed by atoms with E-state index < -0.39 is 74.2 Å². The number of hydrogen-bond acceptors (Lipinski definition) is 10. The fourth-order valence-corrected chi connectivity index (χ4v) is 11.7. The molecule has 1 aliphatic rings. The van der Waals surface area contributed by atoms with Crippen molar-refractivity contribution in [3.63, 3.8) is 0 Å². The van der Waals surface area contributed by atoms with E-state index in [2.05, 4.69) is 67.8 Å². The molecule has 1 amide bonds. The third-order valence-corrected chi connectivity index (χ3v) is 17.6. The Morgan fingerprint density at radius 2 is 0.706 bits per heavy atom. The number of carbonyl (C=O) groups is 1. The maximum atomic E-state index is 13.3. The molecule has 1 rings (SSSR count). The Hall–Kier alpha value is -1.93. The Labute approximate surface area is 523 Å². The fraction of sp³-hybridized carbons (Fsp3) is 0.878. The van der Waals surface area contributed by atoms with Gasteiger partial charge in [0.1, 0.15) is 36.6 Å². The van der Waals surface area contributed by atoms with Crippen LogP contribution < -0.4 is 5.32 Å². The monoisotopic (exact) mass is 1200 g/mol. The molecule has 11 nitrogen and oxygen atoms in total. The Kier molecular flexibility index (Phi) is 59.4. The summed E-state index contributed by atoms with van der Waals surface area (Å²) in [6, 6.07) is -1.20. The van der Waals surface area contributed by atoms with E-state index in [0.29, 0.717) is 19.3 Å². The van der Waals surface area contributed by atoms with E-state index >= 15 is 0 Å². The average molecular weight is 1200 g/mol. The second kappa shape index (κ2) is 62.3. The van der Waals surface area contributed by atoms with Crippen LogP contribution in [0.4, 0.5) is 0 Å². The highest BCUT2D eigenvalue weighted by atomic mass is 16.7. The van der Waals surface area contributed by atoms with Crippen molar-refractivity contribution in [2.45, 2.75) is 403 Å². The number of hydrogen-bond donors (Lipinski definition) is 8. The molecule has 1 saturated heterocycles. The summed E-state index contributed by atoms with van der Waals surface area (Å²) in [5.41, 5.74) is 0. The van der Waals surface area contributed by atoms with Crippen molar-refractivity contribution in [3.05, 3.63) is 48.6 Å². The van der Waals surface area contributed by atoms with Gasteiger partial charge in [0, 0.05) is 0 Å². The Morgan fingerprint density at radius 3 is 1.05 bits per heavy atom. The lowest BCUT2D eigenvalue weighted by atomic mass is 9.98. The molecule has 11 heteroatoms. The van der Waals surface area contributed by atoms with Crippen LogP contribution >= 0.6 is 0 Å². The standard InChI is InChI=1S/C74H139NO10/c1-3-5-7-9-11-13-15-17-19-21-23-25-27-29-31-33-34-36-37-39-41-43-45-47-49-51-53-55-57-59-61-66(77)69(79)65(64-84-74-72(82)71(81)70(80)68(63-76)85-74)75-73(83)67(78)62-60-58-56-54-52-50-48-46-44-42-40-38-35-32-30-28-26-24-22-20-18-16-14-12-10-8-6-4-2/h30,32,37,39,45,47,53,55,65-72,74,76-82H,3-29,31,33-36,38,40-44,46,48-52,54,56-64H2,1-2H3,(H,75,83)/b32-30-,39-37+,47-45+,55-53+. The smallest absolute Gasteiger partial charge is 0.249 e. The molecule has 0 aromatic carbocycles. The summed E-state index contributed by atoms with van der Waals surface area (Å²) >= 11 is 0. The van der Waals surface area contributed by atoms with E-state index in [0.717, 1.165) is 44.9 Å². The Morgan fingerprint density at radius 1 is 0.400 bits per heavy atom. The second-order valence-electron chi connectivity index (χ2n) is 25.6. The number of ether oxygens (including phenoxy) is 2. The normalized spacial score (nSPS) is 19.1. The zero-order chi connectivity index (χ0) is 61.7.